The molecule has 1 N–H and O–H groups in total. The monoisotopic (exact) mass is 179 g/mol. The molecular weight excluding hydrogens is 173 g/mol. The van der Waals surface area contributed by atoms with E-state index in [1.807, 2.05) is 0 Å². The molecule has 0 saturated heterocycles. The van der Waals surface area contributed by atoms with Gasteiger partial charge in [-0.25, -0.2) is 4.98 Å². The summed E-state index contributed by atoms with van der Waals surface area (Å²) in [5.41, 5.74) is -0.00694. The average Bonchev–Trinajstić information content (AvgIpc) is 1.82. The van der Waals surface area contributed by atoms with Crippen molar-refractivity contribution in [3.63, 3.8) is 0 Å². The van der Waals surface area contributed by atoms with E-state index in [-0.39, 0.29) is 15.9 Å². The Kier molecular flexibility index (Phi) is 1.71. The molecule has 0 aliphatic heterocycles. The van der Waals surface area contributed by atoms with E-state index in [2.05, 4.69) is 4.98 Å². The topological polar surface area (TPSA) is 33.1 Å². The molecule has 4 heteroatoms. The maximum Gasteiger partial charge on any atom is 0.131 e. The van der Waals surface area contributed by atoms with Crippen molar-refractivity contribution in [3.05, 3.63) is 28.0 Å². The highest BCUT2D eigenvalue weighted by molar-refractivity contribution is 6.32. The Balaban J connectivity index is 3.18. The van der Waals surface area contributed by atoms with Crippen molar-refractivity contribution in [2.24, 2.45) is 0 Å². The molecular formula is C6H5Cl2NO. The number of aromatic nitrogens is 1. The molecule has 1 rings (SSSR count). The van der Waals surface area contributed by atoms with Crippen LogP contribution in [-0.4, -0.2) is 10.1 Å². The van der Waals surface area contributed by atoms with Gasteiger partial charge in [0.1, 0.15) is 10.3 Å². The van der Waals surface area contributed by atoms with Crippen LogP contribution in [0.5, 0.6) is 0 Å². The number of pyridine rings is 1. The van der Waals surface area contributed by atoms with Gasteiger partial charge in [0.25, 0.3) is 0 Å². The second-order valence-electron chi connectivity index (χ2n) is 1.61. The predicted molar refractivity (Wildman–Crippen MR) is 40.2 cm³/mol. The molecule has 0 aromatic carbocycles. The molecule has 0 atom stereocenters. The minimum absolute atomic E-state index is 0.00694. The van der Waals surface area contributed by atoms with Crippen LogP contribution in [0.15, 0.2) is 12.1 Å². The molecule has 1 heterocycles. The van der Waals surface area contributed by atoms with Gasteiger partial charge in [0.05, 0.1) is 9.30 Å². The molecule has 0 bridgehead atoms. The highest BCUT2D eigenvalue weighted by atomic mass is 35.5. The maximum absolute atomic E-state index is 8.93. The van der Waals surface area contributed by atoms with Crippen LogP contribution in [0, 0.1) is 0 Å². The van der Waals surface area contributed by atoms with Crippen molar-refractivity contribution in [1.29, 1.82) is 0 Å². The van der Waals surface area contributed by atoms with Gasteiger partial charge >= 0.3 is 0 Å². The van der Waals surface area contributed by atoms with E-state index in [9.17, 15) is 0 Å². The number of hydrogen-bond acceptors (Lipinski definition) is 2. The van der Waals surface area contributed by atoms with E-state index in [0.29, 0.717) is 0 Å². The lowest BCUT2D eigenvalue weighted by molar-refractivity contribution is 0.281. The molecule has 0 fully saturated rings. The first-order chi connectivity index (χ1) is 5.39. The Morgan fingerprint density at radius 1 is 1.50 bits per heavy atom. The largest absolute Gasteiger partial charge is 0.392 e. The van der Waals surface area contributed by atoms with Gasteiger partial charge in [0.2, 0.25) is 0 Å². The predicted octanol–water partition coefficient (Wildman–Crippen LogP) is 1.88. The fourth-order valence-electron chi connectivity index (χ4n) is 0.529. The van der Waals surface area contributed by atoms with Gasteiger partial charge in [-0.1, -0.05) is 23.2 Å². The third-order valence-corrected chi connectivity index (χ3v) is 1.28. The Morgan fingerprint density at radius 2 is 2.00 bits per heavy atom. The third kappa shape index (κ3) is 1.84. The van der Waals surface area contributed by atoms with Gasteiger partial charge in [-0.2, -0.15) is 0 Å². The Morgan fingerprint density at radius 3 is 2.40 bits per heavy atom. The van der Waals surface area contributed by atoms with Crippen LogP contribution in [-0.2, 0) is 6.56 Å². The molecule has 1 aromatic rings. The van der Waals surface area contributed by atoms with Gasteiger partial charge in [-0.05, 0) is 17.7 Å². The highest BCUT2D eigenvalue weighted by Gasteiger charge is 1.96. The molecule has 0 aliphatic carbocycles. The van der Waals surface area contributed by atoms with Crippen LogP contribution < -0.4 is 0 Å². The van der Waals surface area contributed by atoms with Gasteiger partial charge in [-0.3, -0.25) is 0 Å². The molecule has 0 radical (unpaired) electrons. The minimum Gasteiger partial charge on any atom is -0.392 e. The summed E-state index contributed by atoms with van der Waals surface area (Å²) in [7, 11) is 0. The van der Waals surface area contributed by atoms with Crippen LogP contribution in [0.25, 0.3) is 0 Å². The van der Waals surface area contributed by atoms with Crippen molar-refractivity contribution in [3.8, 4) is 0 Å². The first kappa shape index (κ1) is 5.35. The van der Waals surface area contributed by atoms with Crippen LogP contribution in [0.4, 0.5) is 0 Å². The SMILES string of the molecule is [2H]C([2H])(O)c1cc(Cl)nc(Cl)c1. The van der Waals surface area contributed by atoms with E-state index < -0.39 is 6.56 Å². The molecule has 0 saturated carbocycles. The van der Waals surface area contributed by atoms with E-state index in [1.165, 1.54) is 12.1 Å². The molecule has 0 amide bonds. The van der Waals surface area contributed by atoms with Crippen molar-refractivity contribution in [1.82, 2.24) is 4.98 Å². The minimum atomic E-state index is -2.43. The number of nitrogens with zero attached hydrogens (tertiary/aromatic N) is 1. The molecule has 54 valence electrons. The van der Waals surface area contributed by atoms with E-state index in [1.54, 1.807) is 0 Å². The zero-order chi connectivity index (χ0) is 9.35. The van der Waals surface area contributed by atoms with E-state index in [0.717, 1.165) is 0 Å². The lowest BCUT2D eigenvalue weighted by Crippen LogP contribution is -1.85. The van der Waals surface area contributed by atoms with Gasteiger partial charge in [-0.15, -0.1) is 0 Å². The smallest absolute Gasteiger partial charge is 0.131 e. The molecule has 1 aromatic heterocycles. The second-order valence-corrected chi connectivity index (χ2v) is 2.39. The zero-order valence-electron chi connectivity index (χ0n) is 6.81. The Hall–Kier alpha value is -0.310. The quantitative estimate of drug-likeness (QED) is 0.669. The molecule has 0 spiro atoms. The van der Waals surface area contributed by atoms with Crippen molar-refractivity contribution in [2.75, 3.05) is 0 Å². The summed E-state index contributed by atoms with van der Waals surface area (Å²) in [6, 6.07) is 2.43. The lowest BCUT2D eigenvalue weighted by Gasteiger charge is -1.96. The summed E-state index contributed by atoms with van der Waals surface area (Å²) in [4.78, 5) is 3.60. The normalized spacial score (nSPS) is 14.3. The number of halogens is 2. The van der Waals surface area contributed by atoms with Crippen LogP contribution in [0.3, 0.4) is 0 Å². The molecule has 2 nitrogen and oxygen atoms in total. The van der Waals surface area contributed by atoms with Crippen molar-refractivity contribution in [2.45, 2.75) is 6.56 Å². The molecule has 10 heavy (non-hydrogen) atoms. The van der Waals surface area contributed by atoms with Gasteiger partial charge in [0, 0.05) is 0 Å². The molecule has 0 unspecified atom stereocenters. The summed E-state index contributed by atoms with van der Waals surface area (Å²) in [6.07, 6.45) is 0. The van der Waals surface area contributed by atoms with Crippen LogP contribution in [0.2, 0.25) is 10.3 Å². The van der Waals surface area contributed by atoms with E-state index >= 15 is 0 Å². The summed E-state index contributed by atoms with van der Waals surface area (Å²) in [6.45, 7) is -2.43. The highest BCUT2D eigenvalue weighted by Crippen LogP contribution is 2.13. The summed E-state index contributed by atoms with van der Waals surface area (Å²) in [5, 5.41) is 9.03. The summed E-state index contributed by atoms with van der Waals surface area (Å²) in [5.74, 6) is 0. The van der Waals surface area contributed by atoms with Gasteiger partial charge < -0.3 is 5.11 Å². The molecule has 0 aliphatic rings. The average molecular weight is 180 g/mol. The Bertz CT molecular complexity index is 280. The second kappa shape index (κ2) is 3.19. The third-order valence-electron chi connectivity index (χ3n) is 0.892. The fraction of sp³-hybridized carbons (Fsp3) is 0.167. The fourth-order valence-corrected chi connectivity index (χ4v) is 0.990. The number of rotatable bonds is 1. The standard InChI is InChI=1S/C6H5Cl2NO/c7-5-1-4(3-10)2-6(8)9-5/h1-2,10H,3H2/i3D2. The Labute approximate surface area is 71.2 Å². The number of hydrogen-bond donors (Lipinski definition) is 1. The first-order valence-electron chi connectivity index (χ1n) is 3.45. The van der Waals surface area contributed by atoms with Crippen molar-refractivity contribution >= 4 is 23.2 Å². The lowest BCUT2D eigenvalue weighted by atomic mass is 10.3. The summed E-state index contributed by atoms with van der Waals surface area (Å²) >= 11 is 11.0. The summed E-state index contributed by atoms with van der Waals surface area (Å²) < 4.78 is 13.9. The first-order valence-corrected chi connectivity index (χ1v) is 3.21. The van der Waals surface area contributed by atoms with Crippen LogP contribution in [0.1, 0.15) is 8.30 Å². The number of aliphatic hydroxyl groups is 1. The van der Waals surface area contributed by atoms with E-state index in [4.69, 9.17) is 31.0 Å². The van der Waals surface area contributed by atoms with Gasteiger partial charge in [0.15, 0.2) is 0 Å². The van der Waals surface area contributed by atoms with Crippen LogP contribution >= 0.6 is 23.2 Å². The maximum atomic E-state index is 8.93. The zero-order valence-corrected chi connectivity index (χ0v) is 6.32. The van der Waals surface area contributed by atoms with Crippen molar-refractivity contribution < 1.29 is 7.85 Å².